The third-order valence-electron chi connectivity index (χ3n) is 0.857. The van der Waals surface area contributed by atoms with Gasteiger partial charge in [-0.25, -0.2) is 9.59 Å². The molecule has 0 saturated carbocycles. The van der Waals surface area contributed by atoms with Crippen molar-refractivity contribution < 1.29 is 24.2 Å². The molecule has 0 heterocycles. The lowest BCUT2D eigenvalue weighted by Gasteiger charge is -2.04. The molecule has 12 heavy (non-hydrogen) atoms. The molecule has 0 amide bonds. The first-order valence-corrected chi connectivity index (χ1v) is 3.10. The number of carboxylic acid groups (broad SMARTS) is 1. The molecule has 0 aromatic carbocycles. The van der Waals surface area contributed by atoms with Gasteiger partial charge in [0, 0.05) is 6.92 Å². The van der Waals surface area contributed by atoms with Crippen molar-refractivity contribution in [3.63, 3.8) is 0 Å². The van der Waals surface area contributed by atoms with Gasteiger partial charge in [-0.1, -0.05) is 5.92 Å². The highest BCUT2D eigenvalue weighted by molar-refractivity contribution is 5.75. The third-order valence-corrected chi connectivity index (χ3v) is 0.857. The molecule has 1 N–H and O–H groups in total. The average Bonchev–Trinajstić information content (AvgIpc) is 2.00. The van der Waals surface area contributed by atoms with Crippen LogP contribution in [0.5, 0.6) is 0 Å². The SMILES string of the molecule is CC#COC(=O)OC(C)C(=O)O. The van der Waals surface area contributed by atoms with Crippen LogP contribution >= 0.6 is 0 Å². The summed E-state index contributed by atoms with van der Waals surface area (Å²) >= 11 is 0. The van der Waals surface area contributed by atoms with E-state index in [-0.39, 0.29) is 0 Å². The van der Waals surface area contributed by atoms with Crippen molar-refractivity contribution in [1.29, 1.82) is 0 Å². The molecular formula is C7H8O5. The molecule has 1 unspecified atom stereocenters. The minimum Gasteiger partial charge on any atom is -0.479 e. The summed E-state index contributed by atoms with van der Waals surface area (Å²) in [7, 11) is 0. The van der Waals surface area contributed by atoms with E-state index in [0.29, 0.717) is 0 Å². The van der Waals surface area contributed by atoms with Gasteiger partial charge >= 0.3 is 12.1 Å². The molecule has 0 spiro atoms. The third kappa shape index (κ3) is 4.17. The smallest absolute Gasteiger partial charge is 0.479 e. The Morgan fingerprint density at radius 3 is 2.50 bits per heavy atom. The monoisotopic (exact) mass is 172 g/mol. The lowest BCUT2D eigenvalue weighted by atomic mass is 10.4. The molecular weight excluding hydrogens is 164 g/mol. The Hall–Kier alpha value is -1.70. The van der Waals surface area contributed by atoms with Crippen molar-refractivity contribution in [2.45, 2.75) is 20.0 Å². The first-order chi connectivity index (χ1) is 5.57. The largest absolute Gasteiger partial charge is 0.523 e. The van der Waals surface area contributed by atoms with Gasteiger partial charge in [-0.3, -0.25) is 0 Å². The van der Waals surface area contributed by atoms with Gasteiger partial charge in [0.1, 0.15) is 6.11 Å². The van der Waals surface area contributed by atoms with Gasteiger partial charge in [0.25, 0.3) is 0 Å². The number of rotatable bonds is 2. The Kier molecular flexibility index (Phi) is 4.31. The fourth-order valence-corrected chi connectivity index (χ4v) is 0.312. The molecule has 0 rings (SSSR count). The lowest BCUT2D eigenvalue weighted by molar-refractivity contribution is -0.146. The zero-order chi connectivity index (χ0) is 9.56. The van der Waals surface area contributed by atoms with Gasteiger partial charge in [-0.2, -0.15) is 0 Å². The summed E-state index contributed by atoms with van der Waals surface area (Å²) < 4.78 is 8.38. The van der Waals surface area contributed by atoms with Crippen molar-refractivity contribution >= 4 is 12.1 Å². The summed E-state index contributed by atoms with van der Waals surface area (Å²) in [5.41, 5.74) is 0. The van der Waals surface area contributed by atoms with Gasteiger partial charge in [0.15, 0.2) is 6.10 Å². The van der Waals surface area contributed by atoms with Crippen LogP contribution in [0.3, 0.4) is 0 Å². The zero-order valence-electron chi connectivity index (χ0n) is 6.66. The summed E-state index contributed by atoms with van der Waals surface area (Å²) in [5, 5.41) is 8.29. The Bertz CT molecular complexity index is 234. The van der Waals surface area contributed by atoms with Crippen molar-refractivity contribution in [1.82, 2.24) is 0 Å². The highest BCUT2D eigenvalue weighted by atomic mass is 16.7. The Labute approximate surface area is 69.3 Å². The Morgan fingerprint density at radius 1 is 1.50 bits per heavy atom. The molecule has 0 radical (unpaired) electrons. The summed E-state index contributed by atoms with van der Waals surface area (Å²) in [4.78, 5) is 20.6. The molecule has 5 nitrogen and oxygen atoms in total. The molecule has 0 aliphatic heterocycles. The molecule has 1 atom stereocenters. The number of aliphatic carboxylic acids is 1. The van der Waals surface area contributed by atoms with E-state index in [4.69, 9.17) is 5.11 Å². The van der Waals surface area contributed by atoms with Crippen LogP contribution in [-0.2, 0) is 14.3 Å². The summed E-state index contributed by atoms with van der Waals surface area (Å²) in [6, 6.07) is 0. The van der Waals surface area contributed by atoms with Crippen LogP contribution in [0.1, 0.15) is 13.8 Å². The quantitative estimate of drug-likeness (QED) is 0.487. The molecule has 0 aromatic rings. The fraction of sp³-hybridized carbons (Fsp3) is 0.429. The van der Waals surface area contributed by atoms with E-state index in [1.54, 1.807) is 0 Å². The number of carbonyl (C=O) groups is 2. The number of ether oxygens (including phenoxy) is 2. The normalized spacial score (nSPS) is 10.5. The van der Waals surface area contributed by atoms with E-state index in [1.807, 2.05) is 6.11 Å². The fourth-order valence-electron chi connectivity index (χ4n) is 0.312. The number of hydrogen-bond acceptors (Lipinski definition) is 4. The van der Waals surface area contributed by atoms with Crippen molar-refractivity contribution in [3.05, 3.63) is 0 Å². The van der Waals surface area contributed by atoms with Crippen LogP contribution in [0.25, 0.3) is 0 Å². The van der Waals surface area contributed by atoms with Crippen LogP contribution < -0.4 is 0 Å². The molecule has 0 saturated heterocycles. The maximum atomic E-state index is 10.5. The second-order valence-corrected chi connectivity index (χ2v) is 1.80. The van der Waals surface area contributed by atoms with Crippen molar-refractivity contribution in [3.8, 4) is 12.0 Å². The van der Waals surface area contributed by atoms with Gasteiger partial charge in [-0.05, 0) is 6.92 Å². The minimum absolute atomic E-state index is 1.11. The van der Waals surface area contributed by atoms with Crippen molar-refractivity contribution in [2.75, 3.05) is 0 Å². The molecule has 0 aliphatic carbocycles. The van der Waals surface area contributed by atoms with E-state index in [0.717, 1.165) is 0 Å². The topological polar surface area (TPSA) is 72.8 Å². The van der Waals surface area contributed by atoms with E-state index in [9.17, 15) is 9.59 Å². The average molecular weight is 172 g/mol. The zero-order valence-corrected chi connectivity index (χ0v) is 6.66. The molecule has 0 fully saturated rings. The maximum Gasteiger partial charge on any atom is 0.523 e. The summed E-state index contributed by atoms with van der Waals surface area (Å²) in [6.07, 6.45) is -0.363. The summed E-state index contributed by atoms with van der Waals surface area (Å²) in [6.45, 7) is 2.68. The van der Waals surface area contributed by atoms with E-state index in [1.165, 1.54) is 13.8 Å². The van der Waals surface area contributed by atoms with Crippen LogP contribution in [0, 0.1) is 12.0 Å². The minimum atomic E-state index is -1.24. The first-order valence-electron chi connectivity index (χ1n) is 3.10. The van der Waals surface area contributed by atoms with Crippen LogP contribution in [0.2, 0.25) is 0 Å². The van der Waals surface area contributed by atoms with E-state index >= 15 is 0 Å². The van der Waals surface area contributed by atoms with Crippen molar-refractivity contribution in [2.24, 2.45) is 0 Å². The Balaban J connectivity index is 3.82. The van der Waals surface area contributed by atoms with Crippen LogP contribution in [-0.4, -0.2) is 23.3 Å². The standard InChI is InChI=1S/C7H8O5/c1-3-4-11-7(10)12-5(2)6(8)9/h5H,1-2H3,(H,8,9). The number of hydrogen-bond donors (Lipinski definition) is 1. The van der Waals surface area contributed by atoms with Gasteiger partial charge in [0.2, 0.25) is 0 Å². The van der Waals surface area contributed by atoms with Crippen LogP contribution in [0.4, 0.5) is 4.79 Å². The number of carbonyl (C=O) groups excluding carboxylic acids is 1. The van der Waals surface area contributed by atoms with Gasteiger partial charge in [0.05, 0.1) is 0 Å². The van der Waals surface area contributed by atoms with E-state index < -0.39 is 18.2 Å². The summed E-state index contributed by atoms with van der Waals surface area (Å²) in [5.74, 6) is 1.04. The van der Waals surface area contributed by atoms with Gasteiger partial charge in [-0.15, -0.1) is 0 Å². The molecule has 66 valence electrons. The predicted molar refractivity (Wildman–Crippen MR) is 38.1 cm³/mol. The van der Waals surface area contributed by atoms with Gasteiger partial charge < -0.3 is 14.6 Å². The predicted octanol–water partition coefficient (Wildman–Crippen LogP) is 0.593. The lowest BCUT2D eigenvalue weighted by Crippen LogP contribution is -2.23. The maximum absolute atomic E-state index is 10.5. The Morgan fingerprint density at radius 2 is 2.08 bits per heavy atom. The molecule has 5 heteroatoms. The second kappa shape index (κ2) is 5.02. The van der Waals surface area contributed by atoms with E-state index in [2.05, 4.69) is 15.4 Å². The molecule has 0 aromatic heterocycles. The second-order valence-electron chi connectivity index (χ2n) is 1.80. The number of carboxylic acids is 1. The highest BCUT2D eigenvalue weighted by Crippen LogP contribution is 1.93. The first kappa shape index (κ1) is 10.3. The molecule has 0 bridgehead atoms. The molecule has 0 aliphatic rings. The van der Waals surface area contributed by atoms with Crippen LogP contribution in [0.15, 0.2) is 0 Å². The highest BCUT2D eigenvalue weighted by Gasteiger charge is 2.16.